The third-order valence-corrected chi connectivity index (χ3v) is 3.90. The molecule has 0 saturated heterocycles. The standard InChI is InChI=1S/C20H22N4O/c1-15-9-10-18(25-3)17(13-15)22-20-21-12-11-19(23-20)24(2)14-16-7-5-4-6-8-16/h4-13H,14H2,1-3H3,(H,21,22,23). The highest BCUT2D eigenvalue weighted by Gasteiger charge is 2.08. The maximum absolute atomic E-state index is 5.40. The number of aromatic nitrogens is 2. The molecule has 0 bridgehead atoms. The summed E-state index contributed by atoms with van der Waals surface area (Å²) in [6.07, 6.45) is 1.76. The van der Waals surface area contributed by atoms with E-state index in [0.29, 0.717) is 5.95 Å². The normalized spacial score (nSPS) is 10.4. The molecule has 3 aromatic rings. The number of ether oxygens (including phenoxy) is 1. The molecule has 1 aromatic heterocycles. The van der Waals surface area contributed by atoms with Crippen molar-refractivity contribution in [2.24, 2.45) is 0 Å². The van der Waals surface area contributed by atoms with Crippen molar-refractivity contribution in [3.63, 3.8) is 0 Å². The van der Waals surface area contributed by atoms with Gasteiger partial charge in [-0.3, -0.25) is 0 Å². The largest absolute Gasteiger partial charge is 0.495 e. The molecule has 0 aliphatic rings. The van der Waals surface area contributed by atoms with Crippen LogP contribution in [0, 0.1) is 6.92 Å². The van der Waals surface area contributed by atoms with Crippen molar-refractivity contribution >= 4 is 17.5 Å². The van der Waals surface area contributed by atoms with Crippen LogP contribution in [0.2, 0.25) is 0 Å². The van der Waals surface area contributed by atoms with Gasteiger partial charge in [0.1, 0.15) is 11.6 Å². The summed E-state index contributed by atoms with van der Waals surface area (Å²) < 4.78 is 5.40. The van der Waals surface area contributed by atoms with E-state index >= 15 is 0 Å². The van der Waals surface area contributed by atoms with Gasteiger partial charge < -0.3 is 15.0 Å². The SMILES string of the molecule is COc1ccc(C)cc1Nc1nccc(N(C)Cc2ccccc2)n1. The summed E-state index contributed by atoms with van der Waals surface area (Å²) >= 11 is 0. The highest BCUT2D eigenvalue weighted by Crippen LogP contribution is 2.27. The van der Waals surface area contributed by atoms with Crippen LogP contribution < -0.4 is 15.0 Å². The van der Waals surface area contributed by atoms with E-state index < -0.39 is 0 Å². The summed E-state index contributed by atoms with van der Waals surface area (Å²) in [6, 6.07) is 18.2. The number of hydrogen-bond donors (Lipinski definition) is 1. The lowest BCUT2D eigenvalue weighted by Gasteiger charge is -2.19. The molecule has 128 valence electrons. The van der Waals surface area contributed by atoms with Crippen LogP contribution in [0.3, 0.4) is 0 Å². The molecule has 0 radical (unpaired) electrons. The first-order valence-corrected chi connectivity index (χ1v) is 8.15. The van der Waals surface area contributed by atoms with Gasteiger partial charge in [0.25, 0.3) is 0 Å². The second-order valence-corrected chi connectivity index (χ2v) is 5.91. The number of methoxy groups -OCH3 is 1. The summed E-state index contributed by atoms with van der Waals surface area (Å²) in [5, 5.41) is 3.25. The van der Waals surface area contributed by atoms with Gasteiger partial charge in [-0.25, -0.2) is 4.98 Å². The number of anilines is 3. The minimum atomic E-state index is 0.543. The van der Waals surface area contributed by atoms with Gasteiger partial charge in [-0.2, -0.15) is 4.98 Å². The van der Waals surface area contributed by atoms with E-state index in [2.05, 4.69) is 32.3 Å². The molecule has 3 rings (SSSR count). The topological polar surface area (TPSA) is 50.3 Å². The molecule has 2 aromatic carbocycles. The van der Waals surface area contributed by atoms with Crippen molar-refractivity contribution in [2.45, 2.75) is 13.5 Å². The molecule has 0 atom stereocenters. The maximum atomic E-state index is 5.40. The zero-order valence-electron chi connectivity index (χ0n) is 14.7. The molecule has 0 amide bonds. The molecule has 25 heavy (non-hydrogen) atoms. The number of benzene rings is 2. The summed E-state index contributed by atoms with van der Waals surface area (Å²) in [5.74, 6) is 2.16. The van der Waals surface area contributed by atoms with Crippen LogP contribution in [0.25, 0.3) is 0 Å². The summed E-state index contributed by atoms with van der Waals surface area (Å²) in [4.78, 5) is 11.0. The van der Waals surface area contributed by atoms with Crippen molar-refractivity contribution in [3.05, 3.63) is 71.9 Å². The Bertz CT molecular complexity index is 836. The number of nitrogens with zero attached hydrogens (tertiary/aromatic N) is 3. The first kappa shape index (κ1) is 16.8. The van der Waals surface area contributed by atoms with Crippen molar-refractivity contribution in [1.82, 2.24) is 9.97 Å². The van der Waals surface area contributed by atoms with E-state index in [4.69, 9.17) is 4.74 Å². The Labute approximate surface area is 148 Å². The summed E-state index contributed by atoms with van der Waals surface area (Å²) in [6.45, 7) is 2.82. The molecular weight excluding hydrogens is 312 g/mol. The highest BCUT2D eigenvalue weighted by atomic mass is 16.5. The van der Waals surface area contributed by atoms with Gasteiger partial charge in [0.2, 0.25) is 5.95 Å². The van der Waals surface area contributed by atoms with Gasteiger partial charge in [-0.05, 0) is 36.2 Å². The van der Waals surface area contributed by atoms with E-state index in [1.807, 2.05) is 56.4 Å². The number of hydrogen-bond acceptors (Lipinski definition) is 5. The molecule has 0 spiro atoms. The van der Waals surface area contributed by atoms with Gasteiger partial charge in [-0.1, -0.05) is 36.4 Å². The molecule has 5 heteroatoms. The third kappa shape index (κ3) is 4.26. The molecule has 5 nitrogen and oxygen atoms in total. The van der Waals surface area contributed by atoms with Crippen molar-refractivity contribution in [3.8, 4) is 5.75 Å². The Kier molecular flexibility index (Phi) is 5.14. The fourth-order valence-electron chi connectivity index (χ4n) is 2.60. The van der Waals surface area contributed by atoms with Gasteiger partial charge in [-0.15, -0.1) is 0 Å². The first-order valence-electron chi connectivity index (χ1n) is 8.15. The summed E-state index contributed by atoms with van der Waals surface area (Å²) in [5.41, 5.74) is 3.23. The van der Waals surface area contributed by atoms with Gasteiger partial charge in [0.05, 0.1) is 12.8 Å². The zero-order chi connectivity index (χ0) is 17.6. The predicted octanol–water partition coefficient (Wildman–Crippen LogP) is 4.17. The second kappa shape index (κ2) is 7.66. The Hall–Kier alpha value is -3.08. The lowest BCUT2D eigenvalue weighted by atomic mass is 10.2. The van der Waals surface area contributed by atoms with Crippen LogP contribution in [-0.2, 0) is 6.54 Å². The average molecular weight is 334 g/mol. The molecule has 1 heterocycles. The fourth-order valence-corrected chi connectivity index (χ4v) is 2.60. The van der Waals surface area contributed by atoms with Crippen LogP contribution >= 0.6 is 0 Å². The number of rotatable bonds is 6. The first-order chi connectivity index (χ1) is 12.2. The van der Waals surface area contributed by atoms with E-state index in [1.165, 1.54) is 5.56 Å². The maximum Gasteiger partial charge on any atom is 0.229 e. The van der Waals surface area contributed by atoms with Crippen molar-refractivity contribution in [1.29, 1.82) is 0 Å². The predicted molar refractivity (Wildman–Crippen MR) is 102 cm³/mol. The van der Waals surface area contributed by atoms with Crippen molar-refractivity contribution < 1.29 is 4.74 Å². The van der Waals surface area contributed by atoms with Crippen LogP contribution in [0.1, 0.15) is 11.1 Å². The minimum absolute atomic E-state index is 0.543. The molecule has 1 N–H and O–H groups in total. The zero-order valence-corrected chi connectivity index (χ0v) is 14.7. The molecule has 0 saturated carbocycles. The van der Waals surface area contributed by atoms with Gasteiger partial charge in [0, 0.05) is 19.8 Å². The minimum Gasteiger partial charge on any atom is -0.495 e. The molecule has 0 aliphatic heterocycles. The number of aryl methyl sites for hydroxylation is 1. The summed E-state index contributed by atoms with van der Waals surface area (Å²) in [7, 11) is 3.67. The fraction of sp³-hybridized carbons (Fsp3) is 0.200. The smallest absolute Gasteiger partial charge is 0.229 e. The molecule has 0 aliphatic carbocycles. The molecular formula is C20H22N4O. The Balaban J connectivity index is 1.79. The lowest BCUT2D eigenvalue weighted by molar-refractivity contribution is 0.416. The van der Waals surface area contributed by atoms with E-state index in [-0.39, 0.29) is 0 Å². The van der Waals surface area contributed by atoms with Gasteiger partial charge >= 0.3 is 0 Å². The van der Waals surface area contributed by atoms with Crippen molar-refractivity contribution in [2.75, 3.05) is 24.4 Å². The quantitative estimate of drug-likeness (QED) is 0.733. The van der Waals surface area contributed by atoms with Crippen LogP contribution in [0.15, 0.2) is 60.8 Å². The van der Waals surface area contributed by atoms with E-state index in [9.17, 15) is 0 Å². The average Bonchev–Trinajstić information content (AvgIpc) is 2.63. The number of nitrogens with one attached hydrogen (secondary N) is 1. The van der Waals surface area contributed by atoms with Crippen LogP contribution in [0.5, 0.6) is 5.75 Å². The monoisotopic (exact) mass is 334 g/mol. The van der Waals surface area contributed by atoms with E-state index in [0.717, 1.165) is 29.4 Å². The highest BCUT2D eigenvalue weighted by molar-refractivity contribution is 5.64. The van der Waals surface area contributed by atoms with Crippen LogP contribution in [-0.4, -0.2) is 24.1 Å². The van der Waals surface area contributed by atoms with E-state index in [1.54, 1.807) is 13.3 Å². The van der Waals surface area contributed by atoms with Crippen LogP contribution in [0.4, 0.5) is 17.5 Å². The lowest BCUT2D eigenvalue weighted by Crippen LogP contribution is -2.18. The van der Waals surface area contributed by atoms with Gasteiger partial charge in [0.15, 0.2) is 0 Å². The Morgan fingerprint density at radius 1 is 1.08 bits per heavy atom. The second-order valence-electron chi connectivity index (χ2n) is 5.91. The molecule has 0 unspecified atom stereocenters. The Morgan fingerprint density at radius 3 is 2.64 bits per heavy atom. The Morgan fingerprint density at radius 2 is 1.88 bits per heavy atom. The third-order valence-electron chi connectivity index (χ3n) is 3.90. The molecule has 0 fully saturated rings.